The zero-order valence-corrected chi connectivity index (χ0v) is 22.4. The van der Waals surface area contributed by atoms with E-state index in [1.807, 2.05) is 49.2 Å². The van der Waals surface area contributed by atoms with Crippen LogP contribution in [0.4, 0.5) is 11.5 Å². The number of guanidine groups is 1. The molecular formula is C22H28BrN9O2S. The van der Waals surface area contributed by atoms with Gasteiger partial charge in [-0.05, 0) is 37.6 Å². The molecule has 1 atom stereocenters. The van der Waals surface area contributed by atoms with Crippen LogP contribution in [0.25, 0.3) is 11.0 Å². The summed E-state index contributed by atoms with van der Waals surface area (Å²) >= 11 is 3.46. The van der Waals surface area contributed by atoms with Crippen LogP contribution in [0, 0.1) is 6.92 Å². The largest absolute Gasteiger partial charge is 0.368 e. The molecule has 1 fully saturated rings. The molecule has 0 saturated carbocycles. The van der Waals surface area contributed by atoms with Gasteiger partial charge in [-0.25, -0.2) is 9.97 Å². The summed E-state index contributed by atoms with van der Waals surface area (Å²) in [5.74, 6) is 1.08. The Hall–Kier alpha value is -3.19. The molecule has 1 aromatic carbocycles. The topological polar surface area (TPSA) is 122 Å². The molecular weight excluding hydrogens is 534 g/mol. The average Bonchev–Trinajstić information content (AvgIpc) is 3.18. The number of benzene rings is 1. The summed E-state index contributed by atoms with van der Waals surface area (Å²) in [6, 6.07) is 7.40. The van der Waals surface area contributed by atoms with E-state index in [-0.39, 0.29) is 12.0 Å². The van der Waals surface area contributed by atoms with E-state index in [4.69, 9.17) is 0 Å². The Morgan fingerprint density at radius 2 is 2.11 bits per heavy atom. The van der Waals surface area contributed by atoms with Gasteiger partial charge < -0.3 is 25.0 Å². The van der Waals surface area contributed by atoms with Gasteiger partial charge in [0.15, 0.2) is 0 Å². The van der Waals surface area contributed by atoms with Gasteiger partial charge in [0, 0.05) is 56.1 Å². The number of aromatic nitrogens is 3. The molecule has 3 aromatic rings. The normalized spacial score (nSPS) is 17.4. The van der Waals surface area contributed by atoms with E-state index in [1.54, 1.807) is 25.3 Å². The van der Waals surface area contributed by atoms with E-state index < -0.39 is 10.2 Å². The van der Waals surface area contributed by atoms with Gasteiger partial charge in [-0.2, -0.15) is 8.42 Å². The smallest absolute Gasteiger partial charge is 0.367 e. The summed E-state index contributed by atoms with van der Waals surface area (Å²) < 4.78 is 33.9. The third kappa shape index (κ3) is 5.90. The Balaban J connectivity index is 1.63. The summed E-state index contributed by atoms with van der Waals surface area (Å²) in [5.41, 5.74) is 2.58. The lowest BCUT2D eigenvalue weighted by Crippen LogP contribution is -2.56. The summed E-state index contributed by atoms with van der Waals surface area (Å²) in [4.78, 5) is 17.7. The Bertz CT molecular complexity index is 1370. The molecule has 186 valence electrons. The van der Waals surface area contributed by atoms with Crippen LogP contribution in [0.3, 0.4) is 0 Å². The van der Waals surface area contributed by atoms with Crippen molar-refractivity contribution in [3.63, 3.8) is 0 Å². The molecule has 35 heavy (non-hydrogen) atoms. The van der Waals surface area contributed by atoms with Gasteiger partial charge in [-0.3, -0.25) is 0 Å². The van der Waals surface area contributed by atoms with E-state index in [1.165, 1.54) is 6.34 Å². The highest BCUT2D eigenvalue weighted by Gasteiger charge is 2.29. The van der Waals surface area contributed by atoms with Crippen LogP contribution in [-0.2, 0) is 10.2 Å². The monoisotopic (exact) mass is 561 g/mol. The number of rotatable bonds is 5. The van der Waals surface area contributed by atoms with E-state index in [0.29, 0.717) is 25.3 Å². The lowest BCUT2D eigenvalue weighted by Gasteiger charge is -2.41. The summed E-state index contributed by atoms with van der Waals surface area (Å²) in [6.07, 6.45) is 4.70. The Morgan fingerprint density at radius 1 is 1.31 bits per heavy atom. The minimum Gasteiger partial charge on any atom is -0.368 e. The second-order valence-corrected chi connectivity index (χ2v) is 10.8. The molecule has 0 bridgehead atoms. The van der Waals surface area contributed by atoms with Gasteiger partial charge in [0.05, 0.1) is 5.39 Å². The SMILES string of the molecule is Cc1c[nH]c2ncnc(N3CCN(/C(=N/S(=O)(=O)/N=C/N(C)C)Nc4cccc(Br)c4)[C@@H](C)C3)c12. The molecule has 0 amide bonds. The highest BCUT2D eigenvalue weighted by Crippen LogP contribution is 2.28. The highest BCUT2D eigenvalue weighted by atomic mass is 79.9. The number of aromatic amines is 1. The van der Waals surface area contributed by atoms with Gasteiger partial charge >= 0.3 is 10.2 Å². The third-order valence-corrected chi connectivity index (χ3v) is 6.80. The molecule has 3 heterocycles. The van der Waals surface area contributed by atoms with Crippen molar-refractivity contribution in [1.29, 1.82) is 0 Å². The maximum absolute atomic E-state index is 12.7. The molecule has 2 N–H and O–H groups in total. The van der Waals surface area contributed by atoms with Crippen LogP contribution >= 0.6 is 15.9 Å². The van der Waals surface area contributed by atoms with Crippen molar-refractivity contribution in [2.75, 3.05) is 43.9 Å². The molecule has 0 radical (unpaired) electrons. The van der Waals surface area contributed by atoms with Crippen LogP contribution in [-0.4, -0.2) is 85.2 Å². The molecule has 0 aliphatic carbocycles. The number of hydrogen-bond donors (Lipinski definition) is 2. The second kappa shape index (κ2) is 10.2. The number of hydrogen-bond acceptors (Lipinski definition) is 5. The Morgan fingerprint density at radius 3 is 2.83 bits per heavy atom. The number of piperazine rings is 1. The van der Waals surface area contributed by atoms with Crippen LogP contribution in [0.2, 0.25) is 0 Å². The van der Waals surface area contributed by atoms with Gasteiger partial charge in [0.1, 0.15) is 24.1 Å². The van der Waals surface area contributed by atoms with Crippen molar-refractivity contribution in [3.05, 3.63) is 46.8 Å². The standard InChI is InChI=1S/C22H28BrN9O2S/c1-15-11-24-20-19(15)21(26-13-25-20)31-8-9-32(16(2)12-31)22(28-18-7-5-6-17(23)10-18)29-35(33,34)27-14-30(3)4/h5-7,10-11,13-14,16H,8-9,12H2,1-4H3,(H,28,29)(H,24,25,26)/b27-14+/t16-/m0/s1. The first-order valence-electron chi connectivity index (χ1n) is 11.0. The van der Waals surface area contributed by atoms with Crippen molar-refractivity contribution >= 4 is 61.0 Å². The summed E-state index contributed by atoms with van der Waals surface area (Å²) in [6.45, 7) is 5.83. The van der Waals surface area contributed by atoms with Crippen molar-refractivity contribution in [2.45, 2.75) is 19.9 Å². The van der Waals surface area contributed by atoms with Gasteiger partial charge in [-0.1, -0.05) is 22.0 Å². The van der Waals surface area contributed by atoms with E-state index >= 15 is 0 Å². The van der Waals surface area contributed by atoms with Crippen molar-refractivity contribution < 1.29 is 8.42 Å². The fourth-order valence-electron chi connectivity index (χ4n) is 3.93. The zero-order chi connectivity index (χ0) is 25.2. The molecule has 4 rings (SSSR count). The third-order valence-electron chi connectivity index (χ3n) is 5.54. The van der Waals surface area contributed by atoms with Crippen LogP contribution in [0.5, 0.6) is 0 Å². The number of aryl methyl sites for hydroxylation is 1. The van der Waals surface area contributed by atoms with Crippen molar-refractivity contribution in [1.82, 2.24) is 24.8 Å². The molecule has 1 aliphatic heterocycles. The lowest BCUT2D eigenvalue weighted by atomic mass is 10.1. The molecule has 0 unspecified atom stereocenters. The number of halogens is 1. The molecule has 11 nitrogen and oxygen atoms in total. The van der Waals surface area contributed by atoms with Crippen LogP contribution < -0.4 is 10.2 Å². The van der Waals surface area contributed by atoms with Gasteiger partial charge in [0.2, 0.25) is 5.96 Å². The minimum absolute atomic E-state index is 0.0700. The average molecular weight is 562 g/mol. The fourth-order valence-corrected chi connectivity index (χ4v) is 5.05. The Kier molecular flexibility index (Phi) is 7.26. The van der Waals surface area contributed by atoms with Crippen LogP contribution in [0.1, 0.15) is 12.5 Å². The number of anilines is 2. The van der Waals surface area contributed by atoms with E-state index in [0.717, 1.165) is 26.9 Å². The number of H-pyrrole nitrogens is 1. The van der Waals surface area contributed by atoms with Crippen molar-refractivity contribution in [2.24, 2.45) is 8.80 Å². The number of nitrogens with one attached hydrogen (secondary N) is 2. The molecule has 0 spiro atoms. The van der Waals surface area contributed by atoms with E-state index in [9.17, 15) is 8.42 Å². The first-order valence-corrected chi connectivity index (χ1v) is 13.2. The lowest BCUT2D eigenvalue weighted by molar-refractivity contribution is 0.297. The van der Waals surface area contributed by atoms with Gasteiger partial charge in [-0.15, -0.1) is 8.80 Å². The summed E-state index contributed by atoms with van der Waals surface area (Å²) in [5, 5.41) is 4.18. The first kappa shape index (κ1) is 24.9. The molecule has 13 heteroatoms. The first-order chi connectivity index (χ1) is 16.6. The predicted molar refractivity (Wildman–Crippen MR) is 143 cm³/mol. The maximum Gasteiger partial charge on any atom is 0.367 e. The zero-order valence-electron chi connectivity index (χ0n) is 20.0. The van der Waals surface area contributed by atoms with E-state index in [2.05, 4.69) is 49.9 Å². The second-order valence-electron chi connectivity index (χ2n) is 8.56. The summed E-state index contributed by atoms with van der Waals surface area (Å²) in [7, 11) is -0.719. The Labute approximate surface area is 213 Å². The fraction of sp³-hybridized carbons (Fsp3) is 0.364. The molecule has 2 aromatic heterocycles. The highest BCUT2D eigenvalue weighted by molar-refractivity contribution is 9.10. The number of nitrogens with zero attached hydrogens (tertiary/aromatic N) is 7. The molecule has 1 saturated heterocycles. The molecule has 1 aliphatic rings. The number of fused-ring (bicyclic) bond motifs is 1. The predicted octanol–water partition coefficient (Wildman–Crippen LogP) is 2.84. The minimum atomic E-state index is -4.11. The van der Waals surface area contributed by atoms with Gasteiger partial charge in [0.25, 0.3) is 0 Å². The van der Waals surface area contributed by atoms with Crippen LogP contribution in [0.15, 0.2) is 50.1 Å². The maximum atomic E-state index is 12.7. The quantitative estimate of drug-likeness (QED) is 0.360. The van der Waals surface area contributed by atoms with Crippen molar-refractivity contribution in [3.8, 4) is 0 Å².